The molecule has 1 unspecified atom stereocenters. The first-order chi connectivity index (χ1) is 8.41. The van der Waals surface area contributed by atoms with Gasteiger partial charge >= 0.3 is 5.97 Å². The van der Waals surface area contributed by atoms with E-state index in [0.29, 0.717) is 16.0 Å². The third-order valence-electron chi connectivity index (χ3n) is 2.29. The summed E-state index contributed by atoms with van der Waals surface area (Å²) in [4.78, 5) is 20.7. The van der Waals surface area contributed by atoms with E-state index < -0.39 is 16.8 Å². The topological polar surface area (TPSA) is 80.4 Å². The molecule has 98 valence electrons. The number of hydrogen-bond donors (Lipinski definition) is 1. The number of halogens is 1. The fourth-order valence-electron chi connectivity index (χ4n) is 1.18. The standard InChI is InChI=1S/C11H12BrNO4S/c1-7(11(14)15)5-18-6-8-2-3-9(13(16)17)4-10(8)12/h2-4,7H,5-6H2,1H3,(H,14,15). The van der Waals surface area contributed by atoms with Gasteiger partial charge in [-0.2, -0.15) is 11.8 Å². The second kappa shape index (κ2) is 6.75. The number of carboxylic acids is 1. The summed E-state index contributed by atoms with van der Waals surface area (Å²) in [6.45, 7) is 1.65. The molecule has 0 aliphatic rings. The third kappa shape index (κ3) is 4.30. The van der Waals surface area contributed by atoms with Crippen LogP contribution in [0.2, 0.25) is 0 Å². The maximum absolute atomic E-state index is 10.6. The summed E-state index contributed by atoms with van der Waals surface area (Å²) < 4.78 is 0.673. The van der Waals surface area contributed by atoms with Crippen LogP contribution in [0.25, 0.3) is 0 Å². The van der Waals surface area contributed by atoms with Crippen molar-refractivity contribution in [2.45, 2.75) is 12.7 Å². The zero-order valence-electron chi connectivity index (χ0n) is 9.63. The normalized spacial score (nSPS) is 12.1. The van der Waals surface area contributed by atoms with E-state index in [2.05, 4.69) is 15.9 Å². The lowest BCUT2D eigenvalue weighted by Gasteiger charge is -2.07. The van der Waals surface area contributed by atoms with E-state index in [4.69, 9.17) is 5.11 Å². The van der Waals surface area contributed by atoms with Crippen molar-refractivity contribution in [3.63, 3.8) is 0 Å². The molecule has 18 heavy (non-hydrogen) atoms. The second-order valence-electron chi connectivity index (χ2n) is 3.79. The first kappa shape index (κ1) is 15.0. The van der Waals surface area contributed by atoms with Crippen molar-refractivity contribution in [2.75, 3.05) is 5.75 Å². The largest absolute Gasteiger partial charge is 0.481 e. The highest BCUT2D eigenvalue weighted by Gasteiger charge is 2.12. The number of thioether (sulfide) groups is 1. The number of nitrogens with zero attached hydrogens (tertiary/aromatic N) is 1. The van der Waals surface area contributed by atoms with Crippen LogP contribution in [0.1, 0.15) is 12.5 Å². The average Bonchev–Trinajstić information content (AvgIpc) is 2.30. The molecule has 0 aliphatic carbocycles. The van der Waals surface area contributed by atoms with Crippen LogP contribution in [0.15, 0.2) is 22.7 Å². The van der Waals surface area contributed by atoms with Crippen LogP contribution in [0.3, 0.4) is 0 Å². The van der Waals surface area contributed by atoms with E-state index in [0.717, 1.165) is 5.56 Å². The minimum Gasteiger partial charge on any atom is -0.481 e. The van der Waals surface area contributed by atoms with Crippen LogP contribution in [0.4, 0.5) is 5.69 Å². The second-order valence-corrected chi connectivity index (χ2v) is 5.67. The predicted molar refractivity (Wildman–Crippen MR) is 73.8 cm³/mol. The van der Waals surface area contributed by atoms with Gasteiger partial charge in [0.05, 0.1) is 10.8 Å². The fraction of sp³-hybridized carbons (Fsp3) is 0.364. The lowest BCUT2D eigenvalue weighted by atomic mass is 10.2. The molecule has 1 aromatic rings. The maximum atomic E-state index is 10.6. The highest BCUT2D eigenvalue weighted by atomic mass is 79.9. The highest BCUT2D eigenvalue weighted by molar-refractivity contribution is 9.10. The number of non-ortho nitro benzene ring substituents is 1. The van der Waals surface area contributed by atoms with Crippen molar-refractivity contribution in [3.8, 4) is 0 Å². The summed E-state index contributed by atoms with van der Waals surface area (Å²) in [5, 5.41) is 19.3. The van der Waals surface area contributed by atoms with Crippen molar-refractivity contribution >= 4 is 39.3 Å². The van der Waals surface area contributed by atoms with Gasteiger partial charge in [-0.25, -0.2) is 0 Å². The van der Waals surface area contributed by atoms with Crippen molar-refractivity contribution in [3.05, 3.63) is 38.3 Å². The number of hydrogen-bond acceptors (Lipinski definition) is 4. The Bertz CT molecular complexity index is 466. The van der Waals surface area contributed by atoms with Gasteiger partial charge in [-0.1, -0.05) is 28.9 Å². The molecule has 7 heteroatoms. The molecular formula is C11H12BrNO4S. The molecular weight excluding hydrogens is 322 g/mol. The number of carbonyl (C=O) groups is 1. The van der Waals surface area contributed by atoms with Gasteiger partial charge in [0.1, 0.15) is 0 Å². The van der Waals surface area contributed by atoms with E-state index in [1.54, 1.807) is 13.0 Å². The summed E-state index contributed by atoms with van der Waals surface area (Å²) in [6, 6.07) is 4.58. The number of nitro benzene ring substituents is 1. The zero-order valence-corrected chi connectivity index (χ0v) is 12.0. The van der Waals surface area contributed by atoms with Crippen LogP contribution in [-0.4, -0.2) is 21.8 Å². The first-order valence-corrected chi connectivity index (χ1v) is 7.10. The molecule has 0 bridgehead atoms. The Morgan fingerprint density at radius 1 is 1.61 bits per heavy atom. The highest BCUT2D eigenvalue weighted by Crippen LogP contribution is 2.26. The van der Waals surface area contributed by atoms with Gasteiger partial charge in [-0.05, 0) is 5.56 Å². The molecule has 0 saturated carbocycles. The number of carboxylic acid groups (broad SMARTS) is 1. The van der Waals surface area contributed by atoms with Gasteiger partial charge in [-0.3, -0.25) is 14.9 Å². The fourth-order valence-corrected chi connectivity index (χ4v) is 2.96. The van der Waals surface area contributed by atoms with Gasteiger partial charge < -0.3 is 5.11 Å². The minimum atomic E-state index is -0.815. The summed E-state index contributed by atoms with van der Waals surface area (Å²) in [7, 11) is 0. The van der Waals surface area contributed by atoms with E-state index in [9.17, 15) is 14.9 Å². The number of benzene rings is 1. The molecule has 1 atom stereocenters. The van der Waals surface area contributed by atoms with Gasteiger partial charge in [0.15, 0.2) is 0 Å². The molecule has 0 aromatic heterocycles. The van der Waals surface area contributed by atoms with Crippen molar-refractivity contribution in [1.29, 1.82) is 0 Å². The SMILES string of the molecule is CC(CSCc1ccc([N+](=O)[O-])cc1Br)C(=O)O. The molecule has 1 aromatic carbocycles. The zero-order chi connectivity index (χ0) is 13.7. The van der Waals surface area contributed by atoms with Crippen LogP contribution < -0.4 is 0 Å². The lowest BCUT2D eigenvalue weighted by Crippen LogP contribution is -2.11. The van der Waals surface area contributed by atoms with E-state index in [1.807, 2.05) is 0 Å². The van der Waals surface area contributed by atoms with Crippen LogP contribution in [0.5, 0.6) is 0 Å². The first-order valence-electron chi connectivity index (χ1n) is 5.15. The summed E-state index contributed by atoms with van der Waals surface area (Å²) >= 11 is 4.77. The molecule has 0 radical (unpaired) electrons. The van der Waals surface area contributed by atoms with Crippen molar-refractivity contribution in [1.82, 2.24) is 0 Å². The number of rotatable bonds is 6. The summed E-state index contributed by atoms with van der Waals surface area (Å²) in [5.74, 6) is -0.0771. The number of nitro groups is 1. The smallest absolute Gasteiger partial charge is 0.307 e. The summed E-state index contributed by atoms with van der Waals surface area (Å²) in [6.07, 6.45) is 0. The molecule has 0 saturated heterocycles. The van der Waals surface area contributed by atoms with E-state index in [-0.39, 0.29) is 5.69 Å². The quantitative estimate of drug-likeness (QED) is 0.638. The van der Waals surface area contributed by atoms with E-state index >= 15 is 0 Å². The molecule has 0 fully saturated rings. The van der Waals surface area contributed by atoms with Crippen LogP contribution in [-0.2, 0) is 10.5 Å². The Morgan fingerprint density at radius 3 is 2.78 bits per heavy atom. The molecule has 1 rings (SSSR count). The molecule has 0 aliphatic heterocycles. The van der Waals surface area contributed by atoms with Gasteiger partial charge in [0, 0.05) is 28.1 Å². The average molecular weight is 334 g/mol. The third-order valence-corrected chi connectivity index (χ3v) is 4.28. The molecule has 5 nitrogen and oxygen atoms in total. The van der Waals surface area contributed by atoms with Gasteiger partial charge in [0.25, 0.3) is 5.69 Å². The van der Waals surface area contributed by atoms with Crippen LogP contribution in [0, 0.1) is 16.0 Å². The van der Waals surface area contributed by atoms with Crippen LogP contribution >= 0.6 is 27.7 Å². The Hall–Kier alpha value is -1.08. The van der Waals surface area contributed by atoms with Gasteiger partial charge in [0.2, 0.25) is 0 Å². The van der Waals surface area contributed by atoms with Crippen molar-refractivity contribution in [2.24, 2.45) is 5.92 Å². The molecule has 0 heterocycles. The van der Waals surface area contributed by atoms with E-state index in [1.165, 1.54) is 23.9 Å². The monoisotopic (exact) mass is 333 g/mol. The molecule has 0 amide bonds. The Labute approximate surface area is 117 Å². The maximum Gasteiger partial charge on any atom is 0.307 e. The molecule has 1 N–H and O–H groups in total. The Balaban J connectivity index is 2.58. The number of aliphatic carboxylic acids is 1. The Kier molecular flexibility index (Phi) is 5.61. The van der Waals surface area contributed by atoms with Gasteiger partial charge in [-0.15, -0.1) is 0 Å². The molecule has 0 spiro atoms. The predicted octanol–water partition coefficient (Wildman–Crippen LogP) is 3.31. The lowest BCUT2D eigenvalue weighted by molar-refractivity contribution is -0.384. The summed E-state index contributed by atoms with van der Waals surface area (Å²) in [5.41, 5.74) is 0.956. The van der Waals surface area contributed by atoms with Crippen molar-refractivity contribution < 1.29 is 14.8 Å². The minimum absolute atomic E-state index is 0.0366. The Morgan fingerprint density at radius 2 is 2.28 bits per heavy atom.